The van der Waals surface area contributed by atoms with Gasteiger partial charge in [0, 0.05) is 31.2 Å². The molecule has 0 amide bonds. The van der Waals surface area contributed by atoms with Gasteiger partial charge in [0.25, 0.3) is 0 Å². The lowest BCUT2D eigenvalue weighted by molar-refractivity contribution is 0.893. The number of para-hydroxylation sites is 4. The summed E-state index contributed by atoms with van der Waals surface area (Å²) in [5, 5.41) is -2.64. The molecule has 0 saturated carbocycles. The van der Waals surface area contributed by atoms with Gasteiger partial charge in [0.05, 0.1) is 55.0 Å². The van der Waals surface area contributed by atoms with Crippen molar-refractivity contribution < 1.29 is 37.0 Å². The van der Waals surface area contributed by atoms with Crippen molar-refractivity contribution in [3.63, 3.8) is 0 Å². The summed E-state index contributed by atoms with van der Waals surface area (Å²) >= 11 is 0. The Bertz CT molecular complexity index is 4530. The average Bonchev–Trinajstić information content (AvgIpc) is 1.21. The Labute approximate surface area is 381 Å². The predicted molar refractivity (Wildman–Crippen MR) is 247 cm³/mol. The normalized spacial score (nSPS) is 19.4. The fourth-order valence-corrected chi connectivity index (χ4v) is 11.8. The smallest absolute Gasteiger partial charge is 0.240 e. The third kappa shape index (κ3) is 5.56. The van der Waals surface area contributed by atoms with E-state index in [4.69, 9.17) is 30.5 Å². The predicted octanol–water partition coefficient (Wildman–Crippen LogP) is 9.73. The lowest BCUT2D eigenvalue weighted by Crippen LogP contribution is -2.74. The zero-order valence-corrected chi connectivity index (χ0v) is 31.4. The molecule has 0 radical (unpaired) electrons. The number of nitrogens with zero attached hydrogens (tertiary/aromatic N) is 5. The van der Waals surface area contributed by atoms with Crippen LogP contribution in [0, 0.1) is 13.8 Å². The molecule has 5 nitrogen and oxygen atoms in total. The van der Waals surface area contributed by atoms with Crippen LogP contribution in [-0.2, 0) is 0 Å². The highest BCUT2D eigenvalue weighted by Crippen LogP contribution is 2.34. The van der Waals surface area contributed by atoms with Crippen molar-refractivity contribution in [1.82, 2.24) is 24.1 Å². The SMILES string of the molecule is [2H]c1c([2H])c(-c2nc(-n3c4c([2H])c([2H])c([2H])c([2H])c4c4c([2H])c([2H])c([2H])c([2H])c43)nc(-n3c4c([2H])c([2H])c([2H])c([2H])c4c4c([2H])c([2H])c([2H])c([2H])c43)n2)c([2H])c([Si](c2ccccc2)(c2cccc(C)c2)c2c([2H])c([2H])c(C([2H])([2H])[2H])c([2H])c2[2H])c1[2H]. The first kappa shape index (κ1) is 16.8. The van der Waals surface area contributed by atoms with Gasteiger partial charge in [0.1, 0.15) is 0 Å². The van der Waals surface area contributed by atoms with E-state index in [0.29, 0.717) is 5.56 Å². The Morgan fingerprint density at radius 3 is 1.51 bits per heavy atom. The summed E-state index contributed by atoms with van der Waals surface area (Å²) in [6.07, 6.45) is 0. The maximum absolute atomic E-state index is 10.6. The molecule has 3 heterocycles. The second-order valence-corrected chi connectivity index (χ2v) is 17.0. The molecule has 0 spiro atoms. The van der Waals surface area contributed by atoms with E-state index in [2.05, 4.69) is 4.98 Å². The van der Waals surface area contributed by atoms with E-state index >= 15 is 0 Å². The summed E-state index contributed by atoms with van der Waals surface area (Å²) in [6.45, 7) is -1.53. The van der Waals surface area contributed by atoms with E-state index in [0.717, 1.165) is 9.13 Å². The number of aromatic nitrogens is 5. The van der Waals surface area contributed by atoms with Crippen molar-refractivity contribution >= 4 is 72.4 Å². The van der Waals surface area contributed by atoms with Crippen LogP contribution in [0.3, 0.4) is 0 Å². The molecule has 11 aromatic rings. The van der Waals surface area contributed by atoms with E-state index in [-0.39, 0.29) is 10.4 Å². The monoisotopic (exact) mass is 800 g/mol. The van der Waals surface area contributed by atoms with Crippen molar-refractivity contribution in [3.05, 3.63) is 211 Å². The number of fused-ring (bicyclic) bond motifs is 6. The molecule has 6 heteroatoms. The average molecular weight is 801 g/mol. The van der Waals surface area contributed by atoms with Crippen LogP contribution in [0.5, 0.6) is 0 Å². The maximum Gasteiger partial charge on any atom is 0.240 e. The molecule has 0 saturated heterocycles. The van der Waals surface area contributed by atoms with Gasteiger partial charge in [-0.3, -0.25) is 9.13 Å². The molecule has 1 atom stereocenters. The van der Waals surface area contributed by atoms with Gasteiger partial charge in [0.2, 0.25) is 11.9 Å². The van der Waals surface area contributed by atoms with Crippen LogP contribution in [0.4, 0.5) is 0 Å². The zero-order chi connectivity index (χ0) is 62.9. The molecule has 0 aliphatic heterocycles. The number of aryl methyl sites for hydroxylation is 1. The molecule has 0 bridgehead atoms. The highest BCUT2D eigenvalue weighted by molar-refractivity contribution is 7.19. The Morgan fingerprint density at radius 1 is 0.458 bits per heavy atom. The van der Waals surface area contributed by atoms with Crippen molar-refractivity contribution in [1.29, 1.82) is 0 Å². The maximum atomic E-state index is 10.6. The molecule has 8 aromatic carbocycles. The van der Waals surface area contributed by atoms with Crippen LogP contribution in [0.15, 0.2) is 200 Å². The second kappa shape index (κ2) is 13.9. The van der Waals surface area contributed by atoms with Crippen molar-refractivity contribution in [2.75, 3.05) is 0 Å². The Balaban J connectivity index is 1.43. The fraction of sp³-hybridized carbons (Fsp3) is 0.0377. The van der Waals surface area contributed by atoms with Gasteiger partial charge in [-0.25, -0.2) is 0 Å². The standard InChI is InChI=1S/C53H39N5Si/c1-36-30-32-40(33-31-36)59(39-18-4-3-5-19-39,41-20-14-16-37(2)34-41)42-21-15-17-38(35-42)51-54-52(57-47-26-10-6-22-43(47)44-23-7-11-27-48(44)57)56-53(55-51)58-49-28-12-8-24-45(49)46-25-9-13-29-50(46)58/h3-35H,1-2H3/i1D3,6D,7D,8D,9D,10D,11D,12D,13D,15D,17D,21D,22D,23D,24D,25D,26D,27D,28D,29D,30D,31D,32D,33D,35D. The van der Waals surface area contributed by atoms with Gasteiger partial charge < -0.3 is 0 Å². The highest BCUT2D eigenvalue weighted by atomic mass is 28.3. The quantitative estimate of drug-likeness (QED) is 0.119. The summed E-state index contributed by atoms with van der Waals surface area (Å²) in [4.78, 5) is 14.1. The van der Waals surface area contributed by atoms with Crippen LogP contribution in [0.1, 0.15) is 48.1 Å². The number of hydrogen-bond acceptors (Lipinski definition) is 3. The van der Waals surface area contributed by atoms with Gasteiger partial charge in [-0.1, -0.05) is 187 Å². The lowest BCUT2D eigenvalue weighted by Gasteiger charge is -2.35. The van der Waals surface area contributed by atoms with E-state index in [1.165, 1.54) is 18.2 Å². The number of benzene rings is 8. The van der Waals surface area contributed by atoms with Gasteiger partial charge in [-0.05, 0) is 58.7 Å². The third-order valence-corrected chi connectivity index (χ3v) is 14.3. The second-order valence-electron chi connectivity index (χ2n) is 13.3. The minimum absolute atomic E-state index is 0.150. The van der Waals surface area contributed by atoms with Crippen molar-refractivity contribution in [3.8, 4) is 23.3 Å². The molecule has 1 unspecified atom stereocenters. The summed E-state index contributed by atoms with van der Waals surface area (Å²) in [5.41, 5.74) is -3.59. The summed E-state index contributed by atoms with van der Waals surface area (Å²) < 4.78 is 248. The van der Waals surface area contributed by atoms with E-state index in [1.807, 2.05) is 0 Å². The highest BCUT2D eigenvalue weighted by Gasteiger charge is 2.41. The molecular formula is C53H39N5Si. The fourth-order valence-electron chi connectivity index (χ4n) is 7.49. The molecule has 3 aromatic heterocycles. The van der Waals surface area contributed by atoms with Crippen molar-refractivity contribution in [2.24, 2.45) is 0 Å². The molecule has 11 rings (SSSR count). The Kier molecular flexibility index (Phi) is 3.96. The molecular weight excluding hydrogens is 735 g/mol. The minimum atomic E-state index is -5.05. The first-order valence-electron chi connectivity index (χ1n) is 31.4. The Morgan fingerprint density at radius 2 is 0.983 bits per heavy atom. The van der Waals surface area contributed by atoms with Gasteiger partial charge >= 0.3 is 0 Å². The van der Waals surface area contributed by atoms with Crippen LogP contribution < -0.4 is 20.7 Å². The van der Waals surface area contributed by atoms with Crippen molar-refractivity contribution in [2.45, 2.75) is 13.8 Å². The number of rotatable bonds is 7. The molecule has 0 aliphatic rings. The topological polar surface area (TPSA) is 48.5 Å². The first-order valence-corrected chi connectivity index (χ1v) is 19.9. The van der Waals surface area contributed by atoms with Crippen LogP contribution in [0.2, 0.25) is 0 Å². The lowest BCUT2D eigenvalue weighted by atomic mass is 10.2. The van der Waals surface area contributed by atoms with Gasteiger partial charge in [0.15, 0.2) is 13.9 Å². The summed E-state index contributed by atoms with van der Waals surface area (Å²) in [7, 11) is -5.05. The zero-order valence-electron chi connectivity index (χ0n) is 57.4. The molecule has 0 fully saturated rings. The van der Waals surface area contributed by atoms with Crippen LogP contribution >= 0.6 is 0 Å². The third-order valence-electron chi connectivity index (χ3n) is 9.96. The molecule has 0 aliphatic carbocycles. The molecule has 0 N–H and O–H groups in total. The molecule has 59 heavy (non-hydrogen) atoms. The van der Waals surface area contributed by atoms with Crippen LogP contribution in [0.25, 0.3) is 66.9 Å². The minimum Gasteiger partial charge on any atom is -0.278 e. The van der Waals surface area contributed by atoms with Crippen LogP contribution in [-0.4, -0.2) is 32.2 Å². The van der Waals surface area contributed by atoms with E-state index < -0.39 is 243 Å². The Hall–Kier alpha value is -7.41. The van der Waals surface area contributed by atoms with Gasteiger partial charge in [-0.2, -0.15) is 15.0 Å². The largest absolute Gasteiger partial charge is 0.278 e. The molecule has 280 valence electrons. The first-order chi connectivity index (χ1) is 40.3. The van der Waals surface area contributed by atoms with Gasteiger partial charge in [-0.15, -0.1) is 0 Å². The number of hydrogen-bond donors (Lipinski definition) is 0. The van der Waals surface area contributed by atoms with E-state index in [9.17, 15) is 16.4 Å². The summed E-state index contributed by atoms with van der Waals surface area (Å²) in [5.74, 6) is -2.67. The van der Waals surface area contributed by atoms with E-state index in [1.54, 1.807) is 43.3 Å². The summed E-state index contributed by atoms with van der Waals surface area (Å²) in [6, 6.07) is -6.94.